The molecule has 2 N–H and O–H groups in total. The molecule has 7 heteroatoms. The van der Waals surface area contributed by atoms with Crippen LogP contribution in [0.3, 0.4) is 0 Å². The van der Waals surface area contributed by atoms with E-state index >= 15 is 0 Å². The van der Waals surface area contributed by atoms with Gasteiger partial charge < -0.3 is 10.6 Å². The van der Waals surface area contributed by atoms with Gasteiger partial charge in [0.15, 0.2) is 0 Å². The van der Waals surface area contributed by atoms with Gasteiger partial charge in [-0.1, -0.05) is 0 Å². The third kappa shape index (κ3) is 3.58. The Morgan fingerprint density at radius 1 is 1.33 bits per heavy atom. The number of hydrogen-bond donors (Lipinski definition) is 2. The zero-order valence-corrected chi connectivity index (χ0v) is 9.68. The quantitative estimate of drug-likeness (QED) is 0.869. The van der Waals surface area contributed by atoms with Crippen molar-refractivity contribution in [3.05, 3.63) is 10.8 Å². The minimum absolute atomic E-state index is 0.362. The Kier molecular flexibility index (Phi) is 4.67. The van der Waals surface area contributed by atoms with Crippen molar-refractivity contribution >= 4 is 27.6 Å². The Morgan fingerprint density at radius 2 is 1.93 bits per heavy atom. The first-order valence-corrected chi connectivity index (χ1v) is 5.20. The molecule has 0 aliphatic heterocycles. The van der Waals surface area contributed by atoms with E-state index in [2.05, 4.69) is 36.5 Å². The Morgan fingerprint density at radius 3 is 2.47 bits per heavy atom. The van der Waals surface area contributed by atoms with Gasteiger partial charge in [-0.3, -0.25) is 0 Å². The van der Waals surface area contributed by atoms with Crippen LogP contribution in [-0.4, -0.2) is 29.5 Å². The monoisotopic (exact) mass is 280 g/mol. The number of rotatable bonds is 5. The van der Waals surface area contributed by atoms with Crippen molar-refractivity contribution in [3.8, 4) is 0 Å². The molecule has 1 aromatic heterocycles. The lowest BCUT2D eigenvalue weighted by Crippen LogP contribution is -2.12. The third-order valence-electron chi connectivity index (χ3n) is 1.56. The van der Waals surface area contributed by atoms with Crippen LogP contribution in [0.25, 0.3) is 0 Å². The van der Waals surface area contributed by atoms with E-state index in [1.165, 1.54) is 6.33 Å². The van der Waals surface area contributed by atoms with Gasteiger partial charge in [0, 0.05) is 6.54 Å². The van der Waals surface area contributed by atoms with E-state index in [4.69, 9.17) is 0 Å². The maximum absolute atomic E-state index is 12.0. The summed E-state index contributed by atoms with van der Waals surface area (Å²) in [6, 6.07) is 0. The number of alkyl halides is 2. The van der Waals surface area contributed by atoms with Crippen LogP contribution in [0.1, 0.15) is 6.92 Å². The molecule has 0 radical (unpaired) electrons. The van der Waals surface area contributed by atoms with Crippen LogP contribution < -0.4 is 10.6 Å². The van der Waals surface area contributed by atoms with Gasteiger partial charge in [0.25, 0.3) is 6.43 Å². The van der Waals surface area contributed by atoms with E-state index < -0.39 is 13.0 Å². The Labute approximate surface area is 94.6 Å². The fourth-order valence-corrected chi connectivity index (χ4v) is 1.44. The molecule has 0 spiro atoms. The van der Waals surface area contributed by atoms with Crippen LogP contribution in [0.4, 0.5) is 20.4 Å². The predicted molar refractivity (Wildman–Crippen MR) is 58.4 cm³/mol. The Bertz CT molecular complexity index is 322. The maximum Gasteiger partial charge on any atom is 0.255 e. The standard InChI is InChI=1S/C8H11BrF2N4/c1-2-12-7-6(9)8(15-4-14-7)13-3-5(10)11/h4-5H,2-3H2,1H3,(H2,12,13,14,15). The van der Waals surface area contributed by atoms with E-state index in [-0.39, 0.29) is 0 Å². The highest BCUT2D eigenvalue weighted by Gasteiger charge is 2.09. The van der Waals surface area contributed by atoms with E-state index in [1.54, 1.807) is 0 Å². The summed E-state index contributed by atoms with van der Waals surface area (Å²) in [5.41, 5.74) is 0. The number of halogens is 3. The normalized spacial score (nSPS) is 10.5. The van der Waals surface area contributed by atoms with E-state index in [9.17, 15) is 8.78 Å². The van der Waals surface area contributed by atoms with Crippen LogP contribution >= 0.6 is 15.9 Å². The van der Waals surface area contributed by atoms with Gasteiger partial charge in [0.05, 0.1) is 6.54 Å². The summed E-state index contributed by atoms with van der Waals surface area (Å²) in [5.74, 6) is 0.950. The molecule has 0 unspecified atom stereocenters. The highest BCUT2D eigenvalue weighted by atomic mass is 79.9. The van der Waals surface area contributed by atoms with Crippen LogP contribution in [-0.2, 0) is 0 Å². The lowest BCUT2D eigenvalue weighted by atomic mass is 10.5. The molecule has 84 valence electrons. The van der Waals surface area contributed by atoms with Gasteiger partial charge in [0.1, 0.15) is 22.4 Å². The summed E-state index contributed by atoms with van der Waals surface area (Å²) in [4.78, 5) is 7.81. The average Bonchev–Trinajstić information content (AvgIpc) is 2.19. The van der Waals surface area contributed by atoms with Gasteiger partial charge in [-0.2, -0.15) is 0 Å². The molecule has 0 atom stereocenters. The molecule has 0 aromatic carbocycles. The third-order valence-corrected chi connectivity index (χ3v) is 2.31. The molecule has 1 aromatic rings. The first-order valence-electron chi connectivity index (χ1n) is 4.41. The van der Waals surface area contributed by atoms with Crippen LogP contribution in [0.15, 0.2) is 10.8 Å². The number of nitrogens with zero attached hydrogens (tertiary/aromatic N) is 2. The molecule has 1 rings (SSSR count). The molecule has 0 aliphatic carbocycles. The van der Waals surface area contributed by atoms with E-state index in [0.29, 0.717) is 22.7 Å². The molecule has 0 saturated heterocycles. The SMILES string of the molecule is CCNc1ncnc(NCC(F)F)c1Br. The fraction of sp³-hybridized carbons (Fsp3) is 0.500. The molecule has 0 fully saturated rings. The second kappa shape index (κ2) is 5.79. The smallest absolute Gasteiger partial charge is 0.255 e. The maximum atomic E-state index is 12.0. The zero-order valence-electron chi connectivity index (χ0n) is 8.10. The van der Waals surface area contributed by atoms with Crippen LogP contribution in [0.2, 0.25) is 0 Å². The minimum Gasteiger partial charge on any atom is -0.369 e. The zero-order chi connectivity index (χ0) is 11.3. The first-order chi connectivity index (χ1) is 7.15. The van der Waals surface area contributed by atoms with Crippen molar-refractivity contribution in [2.75, 3.05) is 23.7 Å². The lowest BCUT2D eigenvalue weighted by Gasteiger charge is -2.10. The second-order valence-electron chi connectivity index (χ2n) is 2.69. The molecule has 1 heterocycles. The van der Waals surface area contributed by atoms with Crippen molar-refractivity contribution in [1.82, 2.24) is 9.97 Å². The average molecular weight is 281 g/mol. The van der Waals surface area contributed by atoms with E-state index in [0.717, 1.165) is 0 Å². The molecule has 0 saturated carbocycles. The van der Waals surface area contributed by atoms with Gasteiger partial charge in [-0.15, -0.1) is 0 Å². The molecule has 15 heavy (non-hydrogen) atoms. The summed E-state index contributed by atoms with van der Waals surface area (Å²) < 4.78 is 24.5. The van der Waals surface area contributed by atoms with Crippen molar-refractivity contribution in [3.63, 3.8) is 0 Å². The van der Waals surface area contributed by atoms with Crippen molar-refractivity contribution < 1.29 is 8.78 Å². The van der Waals surface area contributed by atoms with Crippen molar-refractivity contribution in [2.45, 2.75) is 13.3 Å². The number of nitrogens with one attached hydrogen (secondary N) is 2. The second-order valence-corrected chi connectivity index (χ2v) is 3.48. The molecule has 0 bridgehead atoms. The molecule has 4 nitrogen and oxygen atoms in total. The highest BCUT2D eigenvalue weighted by Crippen LogP contribution is 2.26. The minimum atomic E-state index is -2.41. The van der Waals surface area contributed by atoms with Gasteiger partial charge in [-0.25, -0.2) is 18.7 Å². The summed E-state index contributed by atoms with van der Waals surface area (Å²) in [7, 11) is 0. The topological polar surface area (TPSA) is 49.8 Å². The molecule has 0 amide bonds. The van der Waals surface area contributed by atoms with Crippen molar-refractivity contribution in [1.29, 1.82) is 0 Å². The van der Waals surface area contributed by atoms with Gasteiger partial charge in [0.2, 0.25) is 0 Å². The number of aromatic nitrogens is 2. The fourth-order valence-electron chi connectivity index (χ4n) is 0.958. The van der Waals surface area contributed by atoms with Gasteiger partial charge in [-0.05, 0) is 22.9 Å². The van der Waals surface area contributed by atoms with Crippen molar-refractivity contribution in [2.24, 2.45) is 0 Å². The predicted octanol–water partition coefficient (Wildman–Crippen LogP) is 2.35. The Balaban J connectivity index is 2.75. The Hall–Kier alpha value is -0.980. The summed E-state index contributed by atoms with van der Waals surface area (Å²) >= 11 is 3.24. The lowest BCUT2D eigenvalue weighted by molar-refractivity contribution is 0.163. The highest BCUT2D eigenvalue weighted by molar-refractivity contribution is 9.10. The largest absolute Gasteiger partial charge is 0.369 e. The number of anilines is 2. The molecular formula is C8H11BrF2N4. The van der Waals surface area contributed by atoms with E-state index in [1.807, 2.05) is 6.92 Å². The summed E-state index contributed by atoms with van der Waals surface area (Å²) in [6.07, 6.45) is -1.09. The molecular weight excluding hydrogens is 270 g/mol. The van der Waals surface area contributed by atoms with Gasteiger partial charge >= 0.3 is 0 Å². The van der Waals surface area contributed by atoms with Crippen LogP contribution in [0, 0.1) is 0 Å². The summed E-state index contributed by atoms with van der Waals surface area (Å²) in [6.45, 7) is 2.19. The number of hydrogen-bond acceptors (Lipinski definition) is 4. The van der Waals surface area contributed by atoms with Crippen LogP contribution in [0.5, 0.6) is 0 Å². The first kappa shape index (κ1) is 12.1. The molecule has 0 aliphatic rings. The summed E-state index contributed by atoms with van der Waals surface area (Å²) in [5, 5.41) is 5.50.